The molecular formula is C17H19N3O2. The molecule has 0 N–H and O–H groups in total. The minimum atomic E-state index is -0.191. The van der Waals surface area contributed by atoms with E-state index in [2.05, 4.69) is 9.97 Å². The molecule has 1 aliphatic heterocycles. The quantitative estimate of drug-likeness (QED) is 0.868. The van der Waals surface area contributed by atoms with E-state index in [-0.39, 0.29) is 12.0 Å². The van der Waals surface area contributed by atoms with Crippen molar-refractivity contribution >= 4 is 5.91 Å². The number of benzene rings is 1. The molecule has 0 aliphatic carbocycles. The molecule has 0 radical (unpaired) electrons. The van der Waals surface area contributed by atoms with E-state index in [0.717, 1.165) is 16.8 Å². The van der Waals surface area contributed by atoms with Gasteiger partial charge in [0.25, 0.3) is 0 Å². The molecule has 1 unspecified atom stereocenters. The van der Waals surface area contributed by atoms with Crippen LogP contribution in [0.25, 0.3) is 0 Å². The van der Waals surface area contributed by atoms with Gasteiger partial charge in [-0.15, -0.1) is 0 Å². The van der Waals surface area contributed by atoms with Crippen LogP contribution in [-0.4, -0.2) is 40.5 Å². The highest BCUT2D eigenvalue weighted by Gasteiger charge is 2.26. The maximum absolute atomic E-state index is 12.5. The molecule has 114 valence electrons. The molecule has 1 atom stereocenters. The van der Waals surface area contributed by atoms with Gasteiger partial charge < -0.3 is 9.64 Å². The van der Waals surface area contributed by atoms with Crippen molar-refractivity contribution in [3.63, 3.8) is 0 Å². The van der Waals surface area contributed by atoms with Crippen molar-refractivity contribution in [2.24, 2.45) is 0 Å². The lowest BCUT2D eigenvalue weighted by molar-refractivity contribution is -0.138. The van der Waals surface area contributed by atoms with Crippen molar-refractivity contribution in [3.05, 3.63) is 59.7 Å². The number of amides is 1. The number of nitrogens with zero attached hydrogens (tertiary/aromatic N) is 3. The number of rotatable bonds is 3. The fourth-order valence-electron chi connectivity index (χ4n) is 2.61. The molecule has 3 rings (SSSR count). The van der Waals surface area contributed by atoms with Crippen LogP contribution in [0, 0.1) is 6.92 Å². The Morgan fingerprint density at radius 1 is 1.36 bits per heavy atom. The number of hydrogen-bond donors (Lipinski definition) is 0. The summed E-state index contributed by atoms with van der Waals surface area (Å²) in [6.07, 6.45) is 5.21. The maximum atomic E-state index is 12.5. The topological polar surface area (TPSA) is 55.3 Å². The third-order valence-corrected chi connectivity index (χ3v) is 3.94. The van der Waals surface area contributed by atoms with Crippen molar-refractivity contribution in [3.8, 4) is 0 Å². The zero-order valence-corrected chi connectivity index (χ0v) is 12.6. The monoisotopic (exact) mass is 297 g/mol. The normalized spacial score (nSPS) is 18.2. The first-order chi connectivity index (χ1) is 10.7. The highest BCUT2D eigenvalue weighted by atomic mass is 16.5. The Morgan fingerprint density at radius 2 is 2.23 bits per heavy atom. The average molecular weight is 297 g/mol. The molecular weight excluding hydrogens is 278 g/mol. The molecule has 1 aromatic carbocycles. The number of aromatic nitrogens is 2. The number of morpholine rings is 1. The Labute approximate surface area is 130 Å². The minimum absolute atomic E-state index is 0.131. The lowest BCUT2D eigenvalue weighted by atomic mass is 10.0. The first kappa shape index (κ1) is 14.7. The molecule has 5 nitrogen and oxygen atoms in total. The third kappa shape index (κ3) is 3.31. The molecule has 1 fully saturated rings. The van der Waals surface area contributed by atoms with Crippen LogP contribution in [0.2, 0.25) is 0 Å². The number of hydrogen-bond acceptors (Lipinski definition) is 4. The fraction of sp³-hybridized carbons (Fsp3) is 0.353. The van der Waals surface area contributed by atoms with Crippen molar-refractivity contribution in [2.45, 2.75) is 19.4 Å². The van der Waals surface area contributed by atoms with E-state index in [1.54, 1.807) is 18.6 Å². The number of carbonyl (C=O) groups excluding carboxylic acids is 1. The van der Waals surface area contributed by atoms with Gasteiger partial charge >= 0.3 is 0 Å². The average Bonchev–Trinajstić information content (AvgIpc) is 2.58. The summed E-state index contributed by atoms with van der Waals surface area (Å²) in [6.45, 7) is 3.72. The molecule has 0 bridgehead atoms. The maximum Gasteiger partial charge on any atom is 0.227 e. The Bertz CT molecular complexity index is 645. The minimum Gasteiger partial charge on any atom is -0.368 e. The number of ether oxygens (including phenoxy) is 1. The zero-order chi connectivity index (χ0) is 15.4. The van der Waals surface area contributed by atoms with Crippen molar-refractivity contribution < 1.29 is 9.53 Å². The molecule has 1 aromatic heterocycles. The zero-order valence-electron chi connectivity index (χ0n) is 12.6. The van der Waals surface area contributed by atoms with E-state index in [1.807, 2.05) is 36.1 Å². The van der Waals surface area contributed by atoms with Crippen LogP contribution in [0.1, 0.15) is 22.9 Å². The number of aryl methyl sites for hydroxylation is 1. The number of carbonyl (C=O) groups is 1. The van der Waals surface area contributed by atoms with E-state index in [4.69, 9.17) is 4.74 Å². The second-order valence-corrected chi connectivity index (χ2v) is 5.43. The van der Waals surface area contributed by atoms with Gasteiger partial charge in [-0.05, 0) is 18.1 Å². The van der Waals surface area contributed by atoms with E-state index in [1.165, 1.54) is 0 Å². The first-order valence-electron chi connectivity index (χ1n) is 7.44. The van der Waals surface area contributed by atoms with Crippen LogP contribution in [-0.2, 0) is 16.0 Å². The smallest absolute Gasteiger partial charge is 0.227 e. The van der Waals surface area contributed by atoms with Gasteiger partial charge in [-0.3, -0.25) is 14.8 Å². The van der Waals surface area contributed by atoms with Crippen molar-refractivity contribution in [1.29, 1.82) is 0 Å². The first-order valence-corrected chi connectivity index (χ1v) is 7.44. The summed E-state index contributed by atoms with van der Waals surface area (Å²) in [5.41, 5.74) is 3.00. The standard InChI is InChI=1S/C17H19N3O2/c1-13-4-2-3-5-14(13)10-17(21)20-8-9-22-16(12-20)15-11-18-6-7-19-15/h2-7,11,16H,8-10,12H2,1H3. The highest BCUT2D eigenvalue weighted by Crippen LogP contribution is 2.20. The summed E-state index contributed by atoms with van der Waals surface area (Å²) in [4.78, 5) is 22.7. The van der Waals surface area contributed by atoms with Gasteiger partial charge in [0, 0.05) is 18.9 Å². The molecule has 0 spiro atoms. The van der Waals surface area contributed by atoms with Crippen LogP contribution in [0.3, 0.4) is 0 Å². The molecule has 1 saturated heterocycles. The molecule has 1 amide bonds. The van der Waals surface area contributed by atoms with Gasteiger partial charge in [-0.25, -0.2) is 0 Å². The predicted octanol–water partition coefficient (Wildman–Crippen LogP) is 1.93. The fourth-order valence-corrected chi connectivity index (χ4v) is 2.61. The van der Waals surface area contributed by atoms with Crippen LogP contribution in [0.4, 0.5) is 0 Å². The van der Waals surface area contributed by atoms with Crippen molar-refractivity contribution in [2.75, 3.05) is 19.7 Å². The van der Waals surface area contributed by atoms with Gasteiger partial charge in [0.2, 0.25) is 5.91 Å². The van der Waals surface area contributed by atoms with Gasteiger partial charge in [0.15, 0.2) is 0 Å². The van der Waals surface area contributed by atoms with E-state index >= 15 is 0 Å². The second kappa shape index (κ2) is 6.66. The largest absolute Gasteiger partial charge is 0.368 e. The summed E-state index contributed by atoms with van der Waals surface area (Å²) in [5.74, 6) is 0.131. The SMILES string of the molecule is Cc1ccccc1CC(=O)N1CCOC(c2cnccn2)C1. The van der Waals surface area contributed by atoms with Gasteiger partial charge in [0.05, 0.1) is 31.5 Å². The lowest BCUT2D eigenvalue weighted by Crippen LogP contribution is -2.43. The van der Waals surface area contributed by atoms with Crippen LogP contribution in [0.15, 0.2) is 42.9 Å². The highest BCUT2D eigenvalue weighted by molar-refractivity contribution is 5.79. The van der Waals surface area contributed by atoms with Gasteiger partial charge in [-0.1, -0.05) is 24.3 Å². The Hall–Kier alpha value is -2.27. The summed E-state index contributed by atoms with van der Waals surface area (Å²) in [7, 11) is 0. The Kier molecular flexibility index (Phi) is 4.44. The van der Waals surface area contributed by atoms with Crippen LogP contribution >= 0.6 is 0 Å². The van der Waals surface area contributed by atoms with E-state index in [0.29, 0.717) is 26.1 Å². The lowest BCUT2D eigenvalue weighted by Gasteiger charge is -2.32. The van der Waals surface area contributed by atoms with Crippen molar-refractivity contribution in [1.82, 2.24) is 14.9 Å². The molecule has 5 heteroatoms. The van der Waals surface area contributed by atoms with Crippen LogP contribution < -0.4 is 0 Å². The van der Waals surface area contributed by atoms with E-state index < -0.39 is 0 Å². The van der Waals surface area contributed by atoms with Gasteiger partial charge in [-0.2, -0.15) is 0 Å². The third-order valence-electron chi connectivity index (χ3n) is 3.94. The summed E-state index contributed by atoms with van der Waals surface area (Å²) < 4.78 is 5.72. The second-order valence-electron chi connectivity index (χ2n) is 5.43. The Balaban J connectivity index is 1.67. The summed E-state index contributed by atoms with van der Waals surface area (Å²) >= 11 is 0. The molecule has 22 heavy (non-hydrogen) atoms. The van der Waals surface area contributed by atoms with Gasteiger partial charge in [0.1, 0.15) is 6.10 Å². The van der Waals surface area contributed by atoms with E-state index in [9.17, 15) is 4.79 Å². The molecule has 1 aliphatic rings. The Morgan fingerprint density at radius 3 is 3.00 bits per heavy atom. The summed E-state index contributed by atoms with van der Waals surface area (Å²) in [6, 6.07) is 8.00. The summed E-state index contributed by atoms with van der Waals surface area (Å²) in [5, 5.41) is 0. The molecule has 2 heterocycles. The molecule has 0 saturated carbocycles. The van der Waals surface area contributed by atoms with Crippen LogP contribution in [0.5, 0.6) is 0 Å². The molecule has 2 aromatic rings. The predicted molar refractivity (Wildman–Crippen MR) is 82.2 cm³/mol.